The molecule has 1 fully saturated rings. The number of nitrogens with zero attached hydrogens (tertiary/aromatic N) is 1. The minimum atomic E-state index is -3.91. The van der Waals surface area contributed by atoms with Crippen LogP contribution in [0.2, 0.25) is 0 Å². The van der Waals surface area contributed by atoms with E-state index in [-0.39, 0.29) is 29.8 Å². The first-order valence-corrected chi connectivity index (χ1v) is 12.7. The van der Waals surface area contributed by atoms with Crippen LogP contribution in [0.5, 0.6) is 5.75 Å². The molecule has 0 aliphatic carbocycles. The standard InChI is InChI=1S/C26H27FN2O4S/c27-24-8-4-5-9-25(24)34(31,32)29-16-14-22(15-17-29)26(30)28-18-20-10-12-23(13-11-20)33-19-21-6-2-1-3-7-21/h1-13,22H,14-19H2,(H,28,30). The number of benzene rings is 3. The molecular weight excluding hydrogens is 455 g/mol. The Kier molecular flexibility index (Phi) is 7.59. The molecule has 1 N–H and O–H groups in total. The quantitative estimate of drug-likeness (QED) is 0.524. The number of hydrogen-bond donors (Lipinski definition) is 1. The summed E-state index contributed by atoms with van der Waals surface area (Å²) in [4.78, 5) is 12.3. The van der Waals surface area contributed by atoms with E-state index < -0.39 is 15.8 Å². The van der Waals surface area contributed by atoms with Crippen molar-refractivity contribution < 1.29 is 22.3 Å². The minimum Gasteiger partial charge on any atom is -0.489 e. The first-order valence-electron chi connectivity index (χ1n) is 11.2. The van der Waals surface area contributed by atoms with Crippen LogP contribution in [0.25, 0.3) is 0 Å². The number of ether oxygens (including phenoxy) is 1. The molecule has 1 heterocycles. The fourth-order valence-corrected chi connectivity index (χ4v) is 5.46. The number of carbonyl (C=O) groups is 1. The van der Waals surface area contributed by atoms with Crippen molar-refractivity contribution in [1.29, 1.82) is 0 Å². The highest BCUT2D eigenvalue weighted by Gasteiger charge is 2.33. The number of hydrogen-bond acceptors (Lipinski definition) is 4. The van der Waals surface area contributed by atoms with Gasteiger partial charge in [-0.15, -0.1) is 0 Å². The second-order valence-electron chi connectivity index (χ2n) is 8.24. The van der Waals surface area contributed by atoms with E-state index >= 15 is 0 Å². The lowest BCUT2D eigenvalue weighted by molar-refractivity contribution is -0.126. The molecule has 1 aliphatic rings. The van der Waals surface area contributed by atoms with Gasteiger partial charge in [0.1, 0.15) is 23.1 Å². The molecular formula is C26H27FN2O4S. The smallest absolute Gasteiger partial charge is 0.245 e. The van der Waals surface area contributed by atoms with E-state index in [0.717, 1.165) is 22.9 Å². The Morgan fingerprint density at radius 1 is 0.912 bits per heavy atom. The van der Waals surface area contributed by atoms with Crippen LogP contribution in [-0.4, -0.2) is 31.7 Å². The zero-order valence-corrected chi connectivity index (χ0v) is 19.5. The second-order valence-corrected chi connectivity index (χ2v) is 10.2. The van der Waals surface area contributed by atoms with E-state index in [1.807, 2.05) is 54.6 Å². The van der Waals surface area contributed by atoms with Gasteiger partial charge >= 0.3 is 0 Å². The minimum absolute atomic E-state index is 0.104. The van der Waals surface area contributed by atoms with Crippen molar-refractivity contribution in [3.05, 3.63) is 95.8 Å². The summed E-state index contributed by atoms with van der Waals surface area (Å²) in [6.07, 6.45) is 0.789. The van der Waals surface area contributed by atoms with Crippen LogP contribution in [0.15, 0.2) is 83.8 Å². The molecule has 0 aromatic heterocycles. The van der Waals surface area contributed by atoms with E-state index in [9.17, 15) is 17.6 Å². The molecule has 6 nitrogen and oxygen atoms in total. The zero-order chi connectivity index (χ0) is 24.0. The molecule has 3 aromatic carbocycles. The van der Waals surface area contributed by atoms with Crippen LogP contribution in [0.4, 0.5) is 4.39 Å². The topological polar surface area (TPSA) is 75.7 Å². The van der Waals surface area contributed by atoms with E-state index in [1.54, 1.807) is 0 Å². The maximum Gasteiger partial charge on any atom is 0.245 e. The van der Waals surface area contributed by atoms with Gasteiger partial charge in [-0.05, 0) is 48.2 Å². The Morgan fingerprint density at radius 2 is 1.56 bits per heavy atom. The average molecular weight is 483 g/mol. The van der Waals surface area contributed by atoms with Crippen LogP contribution in [0.3, 0.4) is 0 Å². The lowest BCUT2D eigenvalue weighted by Gasteiger charge is -2.30. The number of sulfonamides is 1. The number of piperidine rings is 1. The number of rotatable bonds is 8. The van der Waals surface area contributed by atoms with Gasteiger partial charge in [0.2, 0.25) is 15.9 Å². The molecule has 1 saturated heterocycles. The molecule has 0 radical (unpaired) electrons. The molecule has 3 aromatic rings. The Labute approximate surface area is 199 Å². The summed E-state index contributed by atoms with van der Waals surface area (Å²) in [5, 5.41) is 2.93. The highest BCUT2D eigenvalue weighted by molar-refractivity contribution is 7.89. The molecule has 0 saturated carbocycles. The van der Waals surface area contributed by atoms with Gasteiger partial charge < -0.3 is 10.1 Å². The van der Waals surface area contributed by atoms with Gasteiger partial charge in [0.05, 0.1) is 0 Å². The Hall–Kier alpha value is -3.23. The third kappa shape index (κ3) is 5.81. The van der Waals surface area contributed by atoms with Crippen molar-refractivity contribution in [2.24, 2.45) is 5.92 Å². The van der Waals surface area contributed by atoms with Gasteiger partial charge in [0.25, 0.3) is 0 Å². The zero-order valence-electron chi connectivity index (χ0n) is 18.7. The first kappa shape index (κ1) is 23.9. The molecule has 0 bridgehead atoms. The van der Waals surface area contributed by atoms with Gasteiger partial charge in [-0.2, -0.15) is 4.31 Å². The Balaban J connectivity index is 1.24. The maximum atomic E-state index is 14.0. The summed E-state index contributed by atoms with van der Waals surface area (Å²) in [6.45, 7) is 1.23. The number of carbonyl (C=O) groups excluding carboxylic acids is 1. The SMILES string of the molecule is O=C(NCc1ccc(OCc2ccccc2)cc1)C1CCN(S(=O)(=O)c2ccccc2F)CC1. The monoisotopic (exact) mass is 482 g/mol. The first-order chi connectivity index (χ1) is 16.4. The fraction of sp³-hybridized carbons (Fsp3) is 0.269. The molecule has 0 atom stereocenters. The van der Waals surface area contributed by atoms with E-state index in [4.69, 9.17) is 4.74 Å². The lowest BCUT2D eigenvalue weighted by atomic mass is 9.97. The molecule has 0 spiro atoms. The van der Waals surface area contributed by atoms with Crippen LogP contribution in [-0.2, 0) is 28.0 Å². The summed E-state index contributed by atoms with van der Waals surface area (Å²) < 4.78 is 46.5. The summed E-state index contributed by atoms with van der Waals surface area (Å²) in [5.41, 5.74) is 2.03. The number of nitrogens with one attached hydrogen (secondary N) is 1. The molecule has 178 valence electrons. The summed E-state index contributed by atoms with van der Waals surface area (Å²) in [7, 11) is -3.91. The Bertz CT molecular complexity index is 1210. The largest absolute Gasteiger partial charge is 0.489 e. The van der Waals surface area contributed by atoms with E-state index in [2.05, 4.69) is 5.32 Å². The van der Waals surface area contributed by atoms with E-state index in [1.165, 1.54) is 22.5 Å². The van der Waals surface area contributed by atoms with Gasteiger partial charge in [0, 0.05) is 25.6 Å². The van der Waals surface area contributed by atoms with Gasteiger partial charge in [-0.25, -0.2) is 12.8 Å². The predicted octanol–water partition coefficient (Wildman–Crippen LogP) is 4.12. The van der Waals surface area contributed by atoms with Crippen LogP contribution >= 0.6 is 0 Å². The number of amides is 1. The van der Waals surface area contributed by atoms with Crippen LogP contribution in [0, 0.1) is 11.7 Å². The molecule has 4 rings (SSSR count). The third-order valence-electron chi connectivity index (χ3n) is 5.92. The van der Waals surface area contributed by atoms with Crippen molar-refractivity contribution in [1.82, 2.24) is 9.62 Å². The molecule has 1 aliphatic heterocycles. The highest BCUT2D eigenvalue weighted by Crippen LogP contribution is 2.25. The Morgan fingerprint density at radius 3 is 2.24 bits per heavy atom. The average Bonchev–Trinajstić information content (AvgIpc) is 2.87. The normalized spacial score (nSPS) is 15.1. The van der Waals surface area contributed by atoms with Crippen molar-refractivity contribution in [3.63, 3.8) is 0 Å². The van der Waals surface area contributed by atoms with E-state index in [0.29, 0.717) is 26.0 Å². The molecule has 1 amide bonds. The van der Waals surface area contributed by atoms with Crippen LogP contribution in [0.1, 0.15) is 24.0 Å². The van der Waals surface area contributed by atoms with Crippen molar-refractivity contribution in [2.45, 2.75) is 30.9 Å². The van der Waals surface area contributed by atoms with Crippen molar-refractivity contribution >= 4 is 15.9 Å². The van der Waals surface area contributed by atoms with Crippen molar-refractivity contribution in [2.75, 3.05) is 13.1 Å². The molecule has 0 unspecified atom stereocenters. The van der Waals surface area contributed by atoms with Crippen LogP contribution < -0.4 is 10.1 Å². The van der Waals surface area contributed by atoms with Gasteiger partial charge in [0.15, 0.2) is 0 Å². The molecule has 34 heavy (non-hydrogen) atoms. The fourth-order valence-electron chi connectivity index (χ4n) is 3.93. The summed E-state index contributed by atoms with van der Waals surface area (Å²) in [6, 6.07) is 22.8. The van der Waals surface area contributed by atoms with Gasteiger partial charge in [-0.1, -0.05) is 54.6 Å². The summed E-state index contributed by atoms with van der Waals surface area (Å²) >= 11 is 0. The highest BCUT2D eigenvalue weighted by atomic mass is 32.2. The number of halogens is 1. The molecule has 8 heteroatoms. The maximum absolute atomic E-state index is 14.0. The predicted molar refractivity (Wildman–Crippen MR) is 127 cm³/mol. The summed E-state index contributed by atoms with van der Waals surface area (Å²) in [5.74, 6) is -0.394. The lowest BCUT2D eigenvalue weighted by Crippen LogP contribution is -2.43. The van der Waals surface area contributed by atoms with Gasteiger partial charge in [-0.3, -0.25) is 4.79 Å². The second kappa shape index (κ2) is 10.8. The van der Waals surface area contributed by atoms with Crippen molar-refractivity contribution in [3.8, 4) is 5.75 Å². The third-order valence-corrected chi connectivity index (χ3v) is 7.85.